The van der Waals surface area contributed by atoms with Gasteiger partial charge in [-0.05, 0) is 29.7 Å². The van der Waals surface area contributed by atoms with E-state index < -0.39 is 5.91 Å². The minimum atomic E-state index is -0.491. The number of hydrogen-bond donors (Lipinski definition) is 1. The van der Waals surface area contributed by atoms with Gasteiger partial charge in [0.05, 0.1) is 6.54 Å². The van der Waals surface area contributed by atoms with Crippen molar-refractivity contribution in [1.29, 1.82) is 0 Å². The fourth-order valence-corrected chi connectivity index (χ4v) is 3.44. The fourth-order valence-electron chi connectivity index (χ4n) is 3.44. The molecule has 2 aromatic heterocycles. The Bertz CT molecular complexity index is 1420. The van der Waals surface area contributed by atoms with Gasteiger partial charge >= 0.3 is 0 Å². The van der Waals surface area contributed by atoms with E-state index in [4.69, 9.17) is 9.15 Å². The maximum absolute atomic E-state index is 13.8. The SMILES string of the molecule is O=C(Nc1ncn(Cc2ccccc2F)n1)c1ccc(COc2cccc3ccccc23)o1. The Morgan fingerprint density at radius 2 is 1.82 bits per heavy atom. The maximum atomic E-state index is 13.8. The number of aromatic nitrogens is 3. The van der Waals surface area contributed by atoms with Crippen LogP contribution in [-0.2, 0) is 13.2 Å². The number of nitrogens with zero attached hydrogens (tertiary/aromatic N) is 3. The summed E-state index contributed by atoms with van der Waals surface area (Å²) in [6.45, 7) is 0.378. The highest BCUT2D eigenvalue weighted by Crippen LogP contribution is 2.26. The predicted octanol–water partition coefficient (Wildman–Crippen LogP) is 5.04. The number of anilines is 1. The van der Waals surface area contributed by atoms with Gasteiger partial charge in [-0.2, -0.15) is 0 Å². The van der Waals surface area contributed by atoms with E-state index in [9.17, 15) is 9.18 Å². The van der Waals surface area contributed by atoms with E-state index in [0.717, 1.165) is 16.5 Å². The molecule has 1 amide bonds. The third-order valence-corrected chi connectivity index (χ3v) is 5.06. The van der Waals surface area contributed by atoms with E-state index in [2.05, 4.69) is 15.4 Å². The molecule has 8 heteroatoms. The van der Waals surface area contributed by atoms with Crippen molar-refractivity contribution < 1.29 is 18.3 Å². The molecule has 0 saturated carbocycles. The van der Waals surface area contributed by atoms with Crippen LogP contribution in [0.1, 0.15) is 21.9 Å². The summed E-state index contributed by atoms with van der Waals surface area (Å²) in [5.41, 5.74) is 0.474. The molecular weight excluding hydrogens is 423 g/mol. The number of ether oxygens (including phenoxy) is 1. The number of benzene rings is 3. The molecule has 5 aromatic rings. The zero-order valence-electron chi connectivity index (χ0n) is 17.4. The van der Waals surface area contributed by atoms with Crippen molar-refractivity contribution >= 4 is 22.6 Å². The van der Waals surface area contributed by atoms with Crippen molar-refractivity contribution in [3.63, 3.8) is 0 Å². The highest BCUT2D eigenvalue weighted by atomic mass is 19.1. The highest BCUT2D eigenvalue weighted by Gasteiger charge is 2.15. The van der Waals surface area contributed by atoms with E-state index in [-0.39, 0.29) is 30.7 Å². The van der Waals surface area contributed by atoms with E-state index in [0.29, 0.717) is 11.3 Å². The lowest BCUT2D eigenvalue weighted by Crippen LogP contribution is -2.12. The van der Waals surface area contributed by atoms with E-state index in [1.165, 1.54) is 17.1 Å². The van der Waals surface area contributed by atoms with Crippen molar-refractivity contribution in [2.75, 3.05) is 5.32 Å². The monoisotopic (exact) mass is 442 g/mol. The normalized spacial score (nSPS) is 10.9. The molecule has 0 atom stereocenters. The number of nitrogens with one attached hydrogen (secondary N) is 1. The van der Waals surface area contributed by atoms with Gasteiger partial charge < -0.3 is 9.15 Å². The molecule has 164 valence electrons. The molecule has 0 aliphatic carbocycles. The molecule has 2 heterocycles. The maximum Gasteiger partial charge on any atom is 0.293 e. The quantitative estimate of drug-likeness (QED) is 0.382. The fraction of sp³-hybridized carbons (Fsp3) is 0.0800. The second kappa shape index (κ2) is 8.96. The Morgan fingerprint density at radius 1 is 1.00 bits per heavy atom. The second-order valence-electron chi connectivity index (χ2n) is 7.34. The molecule has 5 rings (SSSR count). The molecule has 0 bridgehead atoms. The number of hydrogen-bond acceptors (Lipinski definition) is 5. The molecule has 3 aromatic carbocycles. The molecular formula is C25H19FN4O3. The molecule has 0 fully saturated rings. The number of fused-ring (bicyclic) bond motifs is 1. The van der Waals surface area contributed by atoms with Crippen LogP contribution in [0.2, 0.25) is 0 Å². The Morgan fingerprint density at radius 3 is 2.73 bits per heavy atom. The first-order valence-electron chi connectivity index (χ1n) is 10.3. The summed E-state index contributed by atoms with van der Waals surface area (Å²) in [5.74, 6) is 0.631. The Kier molecular flexibility index (Phi) is 5.55. The van der Waals surface area contributed by atoms with Gasteiger partial charge in [0.15, 0.2) is 5.76 Å². The summed E-state index contributed by atoms with van der Waals surface area (Å²) in [7, 11) is 0. The van der Waals surface area contributed by atoms with Crippen molar-refractivity contribution in [3.8, 4) is 5.75 Å². The average molecular weight is 442 g/mol. The van der Waals surface area contributed by atoms with Crippen LogP contribution in [-0.4, -0.2) is 20.7 Å². The van der Waals surface area contributed by atoms with Crippen molar-refractivity contribution in [3.05, 3.63) is 108 Å². The third-order valence-electron chi connectivity index (χ3n) is 5.06. The zero-order chi connectivity index (χ0) is 22.6. The van der Waals surface area contributed by atoms with Crippen LogP contribution < -0.4 is 10.1 Å². The number of carbonyl (C=O) groups is 1. The molecule has 0 unspecified atom stereocenters. The topological polar surface area (TPSA) is 82.2 Å². The van der Waals surface area contributed by atoms with Crippen molar-refractivity contribution in [2.45, 2.75) is 13.2 Å². The Hall–Kier alpha value is -4.46. The summed E-state index contributed by atoms with van der Waals surface area (Å²) >= 11 is 0. The molecule has 0 spiro atoms. The van der Waals surface area contributed by atoms with E-state index >= 15 is 0 Å². The summed E-state index contributed by atoms with van der Waals surface area (Å²) in [6, 6.07) is 23.4. The van der Waals surface area contributed by atoms with Crippen LogP contribution in [0.15, 0.2) is 89.6 Å². The molecule has 0 aliphatic rings. The molecule has 0 saturated heterocycles. The minimum absolute atomic E-state index is 0.0984. The third kappa shape index (κ3) is 4.59. The summed E-state index contributed by atoms with van der Waals surface area (Å²) in [4.78, 5) is 16.6. The smallest absolute Gasteiger partial charge is 0.293 e. The van der Waals surface area contributed by atoms with Crippen LogP contribution in [0.25, 0.3) is 10.8 Å². The largest absolute Gasteiger partial charge is 0.485 e. The minimum Gasteiger partial charge on any atom is -0.485 e. The Labute approximate surface area is 188 Å². The molecule has 33 heavy (non-hydrogen) atoms. The van der Waals surface area contributed by atoms with Gasteiger partial charge in [0.2, 0.25) is 5.95 Å². The van der Waals surface area contributed by atoms with Crippen molar-refractivity contribution in [2.24, 2.45) is 0 Å². The van der Waals surface area contributed by atoms with Gasteiger partial charge in [-0.3, -0.25) is 10.1 Å². The number of amides is 1. The lowest BCUT2D eigenvalue weighted by atomic mass is 10.1. The van der Waals surface area contributed by atoms with Crippen LogP contribution in [0.4, 0.5) is 10.3 Å². The molecule has 0 aliphatic heterocycles. The number of carbonyl (C=O) groups excluding carboxylic acids is 1. The highest BCUT2D eigenvalue weighted by molar-refractivity contribution is 6.01. The summed E-state index contributed by atoms with van der Waals surface area (Å²) in [5, 5.41) is 8.83. The first kappa shape index (κ1) is 20.4. The first-order chi connectivity index (χ1) is 16.2. The van der Waals surface area contributed by atoms with Gasteiger partial charge in [0, 0.05) is 10.9 Å². The van der Waals surface area contributed by atoms with E-state index in [1.54, 1.807) is 30.3 Å². The van der Waals surface area contributed by atoms with Crippen LogP contribution in [0.3, 0.4) is 0 Å². The summed E-state index contributed by atoms with van der Waals surface area (Å²) < 4.78 is 26.8. The first-order valence-corrected chi connectivity index (χ1v) is 10.3. The molecule has 0 radical (unpaired) electrons. The molecule has 7 nitrogen and oxygen atoms in total. The van der Waals surface area contributed by atoms with Crippen LogP contribution in [0, 0.1) is 5.82 Å². The van der Waals surface area contributed by atoms with E-state index in [1.807, 2.05) is 42.5 Å². The second-order valence-corrected chi connectivity index (χ2v) is 7.34. The van der Waals surface area contributed by atoms with Gasteiger partial charge in [0.25, 0.3) is 5.91 Å². The number of furan rings is 1. The van der Waals surface area contributed by atoms with Gasteiger partial charge in [-0.15, -0.1) is 5.10 Å². The zero-order valence-corrected chi connectivity index (χ0v) is 17.4. The molecule has 1 N–H and O–H groups in total. The predicted molar refractivity (Wildman–Crippen MR) is 120 cm³/mol. The lowest BCUT2D eigenvalue weighted by Gasteiger charge is -2.07. The Balaban J connectivity index is 1.21. The van der Waals surface area contributed by atoms with Gasteiger partial charge in [-0.25, -0.2) is 14.1 Å². The van der Waals surface area contributed by atoms with Crippen LogP contribution in [0.5, 0.6) is 5.75 Å². The number of rotatable bonds is 7. The van der Waals surface area contributed by atoms with Crippen LogP contribution >= 0.6 is 0 Å². The number of halogens is 1. The lowest BCUT2D eigenvalue weighted by molar-refractivity contribution is 0.0991. The summed E-state index contributed by atoms with van der Waals surface area (Å²) in [6.07, 6.45) is 1.42. The van der Waals surface area contributed by atoms with Gasteiger partial charge in [-0.1, -0.05) is 54.6 Å². The van der Waals surface area contributed by atoms with Crippen molar-refractivity contribution in [1.82, 2.24) is 14.8 Å². The average Bonchev–Trinajstić information content (AvgIpc) is 3.49. The van der Waals surface area contributed by atoms with Gasteiger partial charge in [0.1, 0.15) is 30.3 Å². The standard InChI is InChI=1S/C25H19FN4O3/c26-21-10-4-2-7-18(21)14-30-16-27-25(29-30)28-24(31)23-13-12-19(33-23)15-32-22-11-5-8-17-6-1-3-9-20(17)22/h1-13,16H,14-15H2,(H,28,29,31).